The van der Waals surface area contributed by atoms with Gasteiger partial charge in [0.05, 0.1) is 15.6 Å². The fourth-order valence-corrected chi connectivity index (χ4v) is 6.97. The van der Waals surface area contributed by atoms with Crippen molar-refractivity contribution in [3.63, 3.8) is 0 Å². The topological polar surface area (TPSA) is 90.3 Å². The first-order valence-corrected chi connectivity index (χ1v) is 14.1. The van der Waals surface area contributed by atoms with E-state index in [0.717, 1.165) is 35.4 Å². The first kappa shape index (κ1) is 24.8. The van der Waals surface area contributed by atoms with E-state index in [0.29, 0.717) is 54.6 Å². The summed E-state index contributed by atoms with van der Waals surface area (Å²) in [4.78, 5) is 50.9. The molecule has 2 amide bonds. The molecule has 10 heteroatoms. The third kappa shape index (κ3) is 4.31. The lowest BCUT2D eigenvalue weighted by molar-refractivity contribution is -0.129. The number of piperazine rings is 1. The number of thiazole rings is 1. The molecule has 198 valence electrons. The highest BCUT2D eigenvalue weighted by atomic mass is 32.1. The summed E-state index contributed by atoms with van der Waals surface area (Å²) in [6.45, 7) is 5.85. The van der Waals surface area contributed by atoms with E-state index < -0.39 is 0 Å². The molecule has 0 saturated carbocycles. The van der Waals surface area contributed by atoms with Crippen molar-refractivity contribution in [2.75, 3.05) is 51.2 Å². The van der Waals surface area contributed by atoms with Crippen LogP contribution in [0.25, 0.3) is 26.1 Å². The third-order valence-corrected chi connectivity index (χ3v) is 9.13. The molecule has 1 N–H and O–H groups in total. The standard InChI is InChI=1S/C28H32N6O3S/c1-18(35)32-14-16-33(17-15-32)23-10-9-20-25(36)24(27(37)29-12-11-19-6-5-13-31(19)2)28-34(26(20)30-23)21-7-3-4-8-22(21)38-28/h3-4,7-10,19H,5-6,11-17H2,1-2H3,(H,29,37). The number of aromatic nitrogens is 2. The molecule has 5 heterocycles. The van der Waals surface area contributed by atoms with Gasteiger partial charge in [0, 0.05) is 45.7 Å². The number of benzene rings is 1. The summed E-state index contributed by atoms with van der Waals surface area (Å²) >= 11 is 1.45. The van der Waals surface area contributed by atoms with Gasteiger partial charge in [-0.3, -0.25) is 18.8 Å². The molecule has 0 aliphatic carbocycles. The number of fused-ring (bicyclic) bond motifs is 5. The predicted molar refractivity (Wildman–Crippen MR) is 151 cm³/mol. The van der Waals surface area contributed by atoms with E-state index in [-0.39, 0.29) is 22.8 Å². The molecule has 2 aliphatic heterocycles. The van der Waals surface area contributed by atoms with Crippen molar-refractivity contribution in [3.8, 4) is 0 Å². The lowest BCUT2D eigenvalue weighted by atomic mass is 10.1. The summed E-state index contributed by atoms with van der Waals surface area (Å²) in [5.74, 6) is 0.517. The molecule has 1 atom stereocenters. The number of likely N-dealkylation sites (tertiary alicyclic amines) is 1. The van der Waals surface area contributed by atoms with Crippen LogP contribution in [0.1, 0.15) is 36.5 Å². The Morgan fingerprint density at radius 3 is 2.61 bits per heavy atom. The summed E-state index contributed by atoms with van der Waals surface area (Å²) < 4.78 is 2.95. The number of nitrogens with one attached hydrogen (secondary N) is 1. The second kappa shape index (κ2) is 9.99. The highest BCUT2D eigenvalue weighted by Gasteiger charge is 2.26. The molecule has 2 fully saturated rings. The minimum absolute atomic E-state index is 0.0789. The van der Waals surface area contributed by atoms with E-state index in [1.165, 1.54) is 17.8 Å². The number of carbonyl (C=O) groups excluding carboxylic acids is 2. The number of hydrogen-bond donors (Lipinski definition) is 1. The number of para-hydroxylation sites is 1. The molecule has 9 nitrogen and oxygen atoms in total. The van der Waals surface area contributed by atoms with E-state index in [9.17, 15) is 14.4 Å². The van der Waals surface area contributed by atoms with Gasteiger partial charge >= 0.3 is 0 Å². The van der Waals surface area contributed by atoms with Crippen LogP contribution >= 0.6 is 11.3 Å². The summed E-state index contributed by atoms with van der Waals surface area (Å²) in [5.41, 5.74) is 1.37. The maximum Gasteiger partial charge on any atom is 0.258 e. The van der Waals surface area contributed by atoms with Crippen LogP contribution in [0.3, 0.4) is 0 Å². The Morgan fingerprint density at radius 1 is 1.08 bits per heavy atom. The fourth-order valence-electron chi connectivity index (χ4n) is 5.79. The summed E-state index contributed by atoms with van der Waals surface area (Å²) in [5, 5.41) is 3.46. The molecular formula is C28H32N6O3S. The van der Waals surface area contributed by atoms with Crippen molar-refractivity contribution >= 4 is 55.0 Å². The Hall–Kier alpha value is -3.50. The van der Waals surface area contributed by atoms with Gasteiger partial charge in [-0.2, -0.15) is 0 Å². The van der Waals surface area contributed by atoms with E-state index in [2.05, 4.69) is 22.2 Å². The molecule has 1 aromatic carbocycles. The normalized spacial score (nSPS) is 18.6. The lowest BCUT2D eigenvalue weighted by Gasteiger charge is -2.35. The Morgan fingerprint density at radius 2 is 1.87 bits per heavy atom. The number of anilines is 1. The smallest absolute Gasteiger partial charge is 0.258 e. The Kier molecular flexibility index (Phi) is 6.53. The third-order valence-electron chi connectivity index (χ3n) is 7.98. The van der Waals surface area contributed by atoms with Crippen LogP contribution in [-0.4, -0.2) is 83.4 Å². The molecule has 4 aromatic rings. The maximum atomic E-state index is 13.8. The summed E-state index contributed by atoms with van der Waals surface area (Å²) in [7, 11) is 2.13. The number of rotatable bonds is 5. The average molecular weight is 533 g/mol. The van der Waals surface area contributed by atoms with Gasteiger partial charge in [-0.25, -0.2) is 4.98 Å². The highest BCUT2D eigenvalue weighted by Crippen LogP contribution is 2.31. The van der Waals surface area contributed by atoms with Crippen LogP contribution in [-0.2, 0) is 4.79 Å². The van der Waals surface area contributed by atoms with Crippen LogP contribution in [0.4, 0.5) is 5.82 Å². The van der Waals surface area contributed by atoms with Gasteiger partial charge in [0.15, 0.2) is 5.65 Å². The zero-order valence-corrected chi connectivity index (χ0v) is 22.6. The molecular weight excluding hydrogens is 500 g/mol. The van der Waals surface area contributed by atoms with Crippen molar-refractivity contribution in [1.29, 1.82) is 0 Å². The quantitative estimate of drug-likeness (QED) is 0.425. The highest BCUT2D eigenvalue weighted by molar-refractivity contribution is 7.24. The van der Waals surface area contributed by atoms with Crippen LogP contribution in [0.5, 0.6) is 0 Å². The SMILES string of the molecule is CC(=O)N1CCN(c2ccc3c(=O)c(C(=O)NCCC4CCCN4C)c4sc5ccccc5n4c3n2)CC1. The first-order valence-electron chi connectivity index (χ1n) is 13.3. The molecule has 3 aromatic heterocycles. The van der Waals surface area contributed by atoms with Crippen molar-refractivity contribution < 1.29 is 9.59 Å². The average Bonchev–Trinajstić information content (AvgIpc) is 3.51. The van der Waals surface area contributed by atoms with Crippen molar-refractivity contribution in [1.82, 2.24) is 24.5 Å². The minimum Gasteiger partial charge on any atom is -0.353 e. The van der Waals surface area contributed by atoms with E-state index >= 15 is 0 Å². The van der Waals surface area contributed by atoms with E-state index in [1.54, 1.807) is 13.0 Å². The predicted octanol–water partition coefficient (Wildman–Crippen LogP) is 2.95. The van der Waals surface area contributed by atoms with Crippen LogP contribution in [0.15, 0.2) is 41.2 Å². The molecule has 0 bridgehead atoms. The van der Waals surface area contributed by atoms with Crippen LogP contribution in [0, 0.1) is 0 Å². The molecule has 6 rings (SSSR count). The summed E-state index contributed by atoms with van der Waals surface area (Å²) in [6, 6.07) is 12.0. The van der Waals surface area contributed by atoms with Gasteiger partial charge in [0.2, 0.25) is 11.3 Å². The van der Waals surface area contributed by atoms with Gasteiger partial charge < -0.3 is 20.0 Å². The second-order valence-corrected chi connectivity index (χ2v) is 11.3. The number of nitrogens with zero attached hydrogens (tertiary/aromatic N) is 5. The van der Waals surface area contributed by atoms with Gasteiger partial charge in [-0.1, -0.05) is 12.1 Å². The number of amides is 2. The Balaban J connectivity index is 1.40. The number of hydrogen-bond acceptors (Lipinski definition) is 7. The van der Waals surface area contributed by atoms with Crippen molar-refractivity contribution in [2.24, 2.45) is 0 Å². The number of pyridine rings is 2. The van der Waals surface area contributed by atoms with Gasteiger partial charge in [-0.05, 0) is 57.1 Å². The first-order chi connectivity index (χ1) is 18.4. The molecule has 1 unspecified atom stereocenters. The molecule has 0 radical (unpaired) electrons. The second-order valence-electron chi connectivity index (χ2n) is 10.3. The molecule has 0 spiro atoms. The van der Waals surface area contributed by atoms with Gasteiger partial charge in [-0.15, -0.1) is 11.3 Å². The zero-order valence-electron chi connectivity index (χ0n) is 21.8. The molecule has 2 saturated heterocycles. The fraction of sp³-hybridized carbons (Fsp3) is 0.429. The zero-order chi connectivity index (χ0) is 26.4. The van der Waals surface area contributed by atoms with Crippen molar-refractivity contribution in [2.45, 2.75) is 32.2 Å². The maximum absolute atomic E-state index is 13.8. The van der Waals surface area contributed by atoms with Crippen LogP contribution < -0.4 is 15.6 Å². The number of carbonyl (C=O) groups is 2. The minimum atomic E-state index is -0.328. The van der Waals surface area contributed by atoms with E-state index in [1.807, 2.05) is 39.6 Å². The van der Waals surface area contributed by atoms with Crippen LogP contribution in [0.2, 0.25) is 0 Å². The van der Waals surface area contributed by atoms with E-state index in [4.69, 9.17) is 4.98 Å². The summed E-state index contributed by atoms with van der Waals surface area (Å²) in [6.07, 6.45) is 3.20. The van der Waals surface area contributed by atoms with Gasteiger partial charge in [0.25, 0.3) is 5.91 Å². The van der Waals surface area contributed by atoms with Gasteiger partial charge in [0.1, 0.15) is 16.2 Å². The Labute approximate surface area is 224 Å². The van der Waals surface area contributed by atoms with Crippen molar-refractivity contribution in [3.05, 3.63) is 52.2 Å². The largest absolute Gasteiger partial charge is 0.353 e. The Bertz CT molecular complexity index is 1600. The molecule has 38 heavy (non-hydrogen) atoms. The molecule has 2 aliphatic rings. The lowest BCUT2D eigenvalue weighted by Crippen LogP contribution is -2.48. The monoisotopic (exact) mass is 532 g/mol.